The molecule has 1 aromatic heterocycles. The third kappa shape index (κ3) is 3.82. The average Bonchev–Trinajstić information content (AvgIpc) is 2.48. The number of anilines is 1. The molecule has 0 radical (unpaired) electrons. The topological polar surface area (TPSA) is 37.8 Å². The van der Waals surface area contributed by atoms with E-state index in [1.165, 1.54) is 5.56 Å². The van der Waals surface area contributed by atoms with E-state index in [0.717, 1.165) is 40.3 Å². The van der Waals surface area contributed by atoms with Crippen molar-refractivity contribution in [3.05, 3.63) is 40.0 Å². The molecule has 0 aliphatic carbocycles. The summed E-state index contributed by atoms with van der Waals surface area (Å²) in [6.07, 6.45) is 1.06. The molecule has 112 valence electrons. The molecule has 1 heterocycles. The van der Waals surface area contributed by atoms with Gasteiger partial charge in [0.15, 0.2) is 5.82 Å². The first-order valence-corrected chi connectivity index (χ1v) is 8.20. The van der Waals surface area contributed by atoms with Crippen LogP contribution in [0.15, 0.2) is 28.7 Å². The van der Waals surface area contributed by atoms with Crippen molar-refractivity contribution in [3.8, 4) is 11.4 Å². The van der Waals surface area contributed by atoms with E-state index in [-0.39, 0.29) is 0 Å². The van der Waals surface area contributed by atoms with E-state index >= 15 is 0 Å². The van der Waals surface area contributed by atoms with Gasteiger partial charge < -0.3 is 5.32 Å². The third-order valence-corrected chi connectivity index (χ3v) is 4.34. The second-order valence-electron chi connectivity index (χ2n) is 5.50. The summed E-state index contributed by atoms with van der Waals surface area (Å²) in [7, 11) is 0. The van der Waals surface area contributed by atoms with Crippen LogP contribution < -0.4 is 5.32 Å². The van der Waals surface area contributed by atoms with Gasteiger partial charge in [-0.25, -0.2) is 9.97 Å². The third-order valence-electron chi connectivity index (χ3n) is 3.39. The van der Waals surface area contributed by atoms with Crippen molar-refractivity contribution in [2.45, 2.75) is 40.0 Å². The molecule has 2 rings (SSSR count). The summed E-state index contributed by atoms with van der Waals surface area (Å²) in [5.74, 6) is 2.17. The number of aryl methyl sites for hydroxylation is 1. The van der Waals surface area contributed by atoms with Crippen LogP contribution in [-0.4, -0.2) is 16.5 Å². The molecule has 0 saturated heterocycles. The molecule has 2 aromatic rings. The van der Waals surface area contributed by atoms with E-state index in [4.69, 9.17) is 0 Å². The maximum atomic E-state index is 4.65. The van der Waals surface area contributed by atoms with Crippen LogP contribution in [0, 0.1) is 6.92 Å². The molecular weight excluding hydrogens is 326 g/mol. The van der Waals surface area contributed by atoms with E-state index in [1.807, 2.05) is 6.92 Å². The quantitative estimate of drug-likeness (QED) is 0.811. The Kier molecular flexibility index (Phi) is 5.34. The van der Waals surface area contributed by atoms with Gasteiger partial charge in [0.2, 0.25) is 0 Å². The standard InChI is InChI=1S/C17H22BrN3/c1-5-10-19-17-15(18)12(4)20-16(21-17)14-8-6-13(7-9-14)11(2)3/h6-9,11H,5,10H2,1-4H3,(H,19,20,21). The zero-order valence-electron chi connectivity index (χ0n) is 13.1. The van der Waals surface area contributed by atoms with Gasteiger partial charge in [0.25, 0.3) is 0 Å². The van der Waals surface area contributed by atoms with Gasteiger partial charge in [-0.2, -0.15) is 0 Å². The van der Waals surface area contributed by atoms with Crippen molar-refractivity contribution in [2.24, 2.45) is 0 Å². The molecule has 3 nitrogen and oxygen atoms in total. The first-order valence-electron chi connectivity index (χ1n) is 7.41. The van der Waals surface area contributed by atoms with E-state index in [9.17, 15) is 0 Å². The maximum absolute atomic E-state index is 4.65. The fourth-order valence-electron chi connectivity index (χ4n) is 2.07. The first-order chi connectivity index (χ1) is 10.0. The predicted molar refractivity (Wildman–Crippen MR) is 92.8 cm³/mol. The van der Waals surface area contributed by atoms with Gasteiger partial charge in [-0.05, 0) is 40.8 Å². The van der Waals surface area contributed by atoms with Crippen LogP contribution in [0.1, 0.15) is 44.4 Å². The number of benzene rings is 1. The fourth-order valence-corrected chi connectivity index (χ4v) is 2.38. The van der Waals surface area contributed by atoms with Crippen LogP contribution in [0.2, 0.25) is 0 Å². The van der Waals surface area contributed by atoms with Crippen LogP contribution >= 0.6 is 15.9 Å². The lowest BCUT2D eigenvalue weighted by atomic mass is 10.0. The Morgan fingerprint density at radius 3 is 2.38 bits per heavy atom. The molecule has 21 heavy (non-hydrogen) atoms. The van der Waals surface area contributed by atoms with Crippen LogP contribution in [0.3, 0.4) is 0 Å². The Morgan fingerprint density at radius 2 is 1.81 bits per heavy atom. The largest absolute Gasteiger partial charge is 0.369 e. The molecule has 0 fully saturated rings. The maximum Gasteiger partial charge on any atom is 0.161 e. The molecule has 1 aromatic carbocycles. The first kappa shape index (κ1) is 16.0. The van der Waals surface area contributed by atoms with E-state index in [2.05, 4.69) is 76.3 Å². The van der Waals surface area contributed by atoms with Crippen LogP contribution in [0.4, 0.5) is 5.82 Å². The van der Waals surface area contributed by atoms with Crippen molar-refractivity contribution < 1.29 is 0 Å². The van der Waals surface area contributed by atoms with Crippen molar-refractivity contribution in [1.82, 2.24) is 9.97 Å². The van der Waals surface area contributed by atoms with Gasteiger partial charge in [-0.15, -0.1) is 0 Å². The fraction of sp³-hybridized carbons (Fsp3) is 0.412. The number of rotatable bonds is 5. The lowest BCUT2D eigenvalue weighted by Crippen LogP contribution is -2.06. The predicted octanol–water partition coefficient (Wildman–Crippen LogP) is 5.16. The number of nitrogens with zero attached hydrogens (tertiary/aromatic N) is 2. The number of halogens is 1. The summed E-state index contributed by atoms with van der Waals surface area (Å²) in [5.41, 5.74) is 3.33. The Hall–Kier alpha value is -1.42. The molecule has 0 aliphatic rings. The molecule has 0 amide bonds. The SMILES string of the molecule is CCCNc1nc(-c2ccc(C(C)C)cc2)nc(C)c1Br. The number of hydrogen-bond donors (Lipinski definition) is 1. The summed E-state index contributed by atoms with van der Waals surface area (Å²) >= 11 is 3.56. The zero-order valence-corrected chi connectivity index (χ0v) is 14.7. The normalized spacial score (nSPS) is 11.0. The van der Waals surface area contributed by atoms with Crippen LogP contribution in [-0.2, 0) is 0 Å². The van der Waals surface area contributed by atoms with Gasteiger partial charge in [0, 0.05) is 12.1 Å². The summed E-state index contributed by atoms with van der Waals surface area (Å²) in [4.78, 5) is 9.23. The summed E-state index contributed by atoms with van der Waals surface area (Å²) in [6, 6.07) is 8.50. The molecule has 0 aliphatic heterocycles. The van der Waals surface area contributed by atoms with E-state index < -0.39 is 0 Å². The van der Waals surface area contributed by atoms with Gasteiger partial charge in [-0.3, -0.25) is 0 Å². The number of nitrogens with one attached hydrogen (secondary N) is 1. The Labute approximate surface area is 135 Å². The highest BCUT2D eigenvalue weighted by atomic mass is 79.9. The smallest absolute Gasteiger partial charge is 0.161 e. The zero-order chi connectivity index (χ0) is 15.4. The Balaban J connectivity index is 2.36. The van der Waals surface area contributed by atoms with Crippen LogP contribution in [0.25, 0.3) is 11.4 Å². The lowest BCUT2D eigenvalue weighted by Gasteiger charge is -2.11. The summed E-state index contributed by atoms with van der Waals surface area (Å²) in [5, 5.41) is 3.35. The van der Waals surface area contributed by atoms with Gasteiger partial charge in [0.05, 0.1) is 10.2 Å². The Morgan fingerprint density at radius 1 is 1.14 bits per heavy atom. The molecular formula is C17H22BrN3. The molecule has 4 heteroatoms. The van der Waals surface area contributed by atoms with Crippen molar-refractivity contribution in [3.63, 3.8) is 0 Å². The molecule has 1 N–H and O–H groups in total. The minimum Gasteiger partial charge on any atom is -0.369 e. The minimum absolute atomic E-state index is 0.536. The highest BCUT2D eigenvalue weighted by Gasteiger charge is 2.10. The highest BCUT2D eigenvalue weighted by Crippen LogP contribution is 2.27. The molecule has 0 spiro atoms. The number of aromatic nitrogens is 2. The molecule has 0 bridgehead atoms. The summed E-state index contributed by atoms with van der Waals surface area (Å²) in [6.45, 7) is 9.43. The molecule has 0 saturated carbocycles. The molecule has 0 atom stereocenters. The highest BCUT2D eigenvalue weighted by molar-refractivity contribution is 9.10. The van der Waals surface area contributed by atoms with Gasteiger partial charge in [-0.1, -0.05) is 45.0 Å². The van der Waals surface area contributed by atoms with Gasteiger partial charge in [0.1, 0.15) is 5.82 Å². The molecule has 0 unspecified atom stereocenters. The lowest BCUT2D eigenvalue weighted by molar-refractivity contribution is 0.866. The van der Waals surface area contributed by atoms with Gasteiger partial charge >= 0.3 is 0 Å². The minimum atomic E-state index is 0.536. The number of hydrogen-bond acceptors (Lipinski definition) is 3. The monoisotopic (exact) mass is 347 g/mol. The second-order valence-corrected chi connectivity index (χ2v) is 6.29. The average molecular weight is 348 g/mol. The van der Waals surface area contributed by atoms with Crippen LogP contribution in [0.5, 0.6) is 0 Å². The van der Waals surface area contributed by atoms with Crippen molar-refractivity contribution in [1.29, 1.82) is 0 Å². The summed E-state index contributed by atoms with van der Waals surface area (Å²) < 4.78 is 0.943. The van der Waals surface area contributed by atoms with Crippen molar-refractivity contribution in [2.75, 3.05) is 11.9 Å². The van der Waals surface area contributed by atoms with Crippen molar-refractivity contribution >= 4 is 21.7 Å². The van der Waals surface area contributed by atoms with E-state index in [0.29, 0.717) is 5.92 Å². The Bertz CT molecular complexity index is 606. The second kappa shape index (κ2) is 7.03. The van der Waals surface area contributed by atoms with E-state index in [1.54, 1.807) is 0 Å².